The summed E-state index contributed by atoms with van der Waals surface area (Å²) in [6.07, 6.45) is 1.74. The van der Waals surface area contributed by atoms with E-state index in [0.29, 0.717) is 29.5 Å². The molecule has 0 saturated heterocycles. The van der Waals surface area contributed by atoms with Crippen LogP contribution in [0.1, 0.15) is 55.1 Å². The summed E-state index contributed by atoms with van der Waals surface area (Å²) in [6.45, 7) is 6.68. The van der Waals surface area contributed by atoms with Crippen molar-refractivity contribution >= 4 is 30.0 Å². The van der Waals surface area contributed by atoms with E-state index in [0.717, 1.165) is 24.8 Å². The summed E-state index contributed by atoms with van der Waals surface area (Å²) in [6, 6.07) is 14.5. The first-order valence-corrected chi connectivity index (χ1v) is 11.1. The standard InChI is InChI=1S/C25H31ClN2O4.ClH/c1-4-31-24(30)20-11-6-5-9-18(20)10-8-14-25(2,3)28-16-19(29)17-32-23-13-7-12-22(26)21(23)15-27;/h5-7,9,11-13,19,28-29H,4,8,10,14,16-17H2,1-3H3;1H. The first kappa shape index (κ1) is 28.7. The van der Waals surface area contributed by atoms with Crippen LogP contribution in [0.4, 0.5) is 0 Å². The molecule has 0 spiro atoms. The second kappa shape index (κ2) is 14.1. The number of rotatable bonds is 12. The van der Waals surface area contributed by atoms with Gasteiger partial charge in [0.2, 0.25) is 0 Å². The molecule has 2 aromatic rings. The zero-order valence-corrected chi connectivity index (χ0v) is 20.8. The number of nitrogens with one attached hydrogen (secondary N) is 1. The van der Waals surface area contributed by atoms with Gasteiger partial charge < -0.3 is 19.9 Å². The van der Waals surface area contributed by atoms with Gasteiger partial charge in [-0.3, -0.25) is 0 Å². The number of esters is 1. The van der Waals surface area contributed by atoms with Crippen LogP contribution < -0.4 is 10.1 Å². The fourth-order valence-electron chi connectivity index (χ4n) is 3.33. The normalized spacial score (nSPS) is 11.8. The summed E-state index contributed by atoms with van der Waals surface area (Å²) in [5.74, 6) is 0.0708. The molecule has 0 bridgehead atoms. The Kier molecular flexibility index (Phi) is 12.2. The molecule has 0 amide bonds. The number of nitriles is 1. The molecule has 0 radical (unpaired) electrons. The summed E-state index contributed by atoms with van der Waals surface area (Å²) in [4.78, 5) is 12.1. The van der Waals surface area contributed by atoms with Crippen molar-refractivity contribution in [3.05, 3.63) is 64.2 Å². The van der Waals surface area contributed by atoms with Crippen LogP contribution in [0, 0.1) is 11.3 Å². The third kappa shape index (κ3) is 9.23. The predicted molar refractivity (Wildman–Crippen MR) is 132 cm³/mol. The van der Waals surface area contributed by atoms with Gasteiger partial charge in [-0.1, -0.05) is 35.9 Å². The van der Waals surface area contributed by atoms with Gasteiger partial charge in [-0.05, 0) is 63.8 Å². The number of carbonyl (C=O) groups is 1. The molecule has 1 unspecified atom stereocenters. The Morgan fingerprint density at radius 2 is 1.97 bits per heavy atom. The number of aryl methyl sites for hydroxylation is 1. The molecule has 2 aromatic carbocycles. The monoisotopic (exact) mass is 494 g/mol. The van der Waals surface area contributed by atoms with Gasteiger partial charge in [0.1, 0.15) is 30.1 Å². The van der Waals surface area contributed by atoms with Gasteiger partial charge in [0.25, 0.3) is 0 Å². The SMILES string of the molecule is CCOC(=O)c1ccccc1CCCC(C)(C)NCC(O)COc1cccc(Cl)c1C#N.Cl. The number of aliphatic hydroxyl groups excluding tert-OH is 1. The maximum Gasteiger partial charge on any atom is 0.338 e. The molecule has 180 valence electrons. The number of β-amino-alcohol motifs (C(OH)–C–C–N with tert-alkyl or cyclic N) is 1. The quantitative estimate of drug-likeness (QED) is 0.406. The van der Waals surface area contributed by atoms with Gasteiger partial charge in [0, 0.05) is 12.1 Å². The van der Waals surface area contributed by atoms with Gasteiger partial charge in [-0.25, -0.2) is 4.79 Å². The maximum atomic E-state index is 12.1. The van der Waals surface area contributed by atoms with E-state index in [-0.39, 0.29) is 36.1 Å². The number of carbonyl (C=O) groups excluding carboxylic acids is 1. The smallest absolute Gasteiger partial charge is 0.338 e. The van der Waals surface area contributed by atoms with Crippen LogP contribution in [0.5, 0.6) is 5.75 Å². The Morgan fingerprint density at radius 1 is 1.24 bits per heavy atom. The van der Waals surface area contributed by atoms with Crippen molar-refractivity contribution in [2.75, 3.05) is 19.8 Å². The van der Waals surface area contributed by atoms with Gasteiger partial charge in [-0.15, -0.1) is 12.4 Å². The lowest BCUT2D eigenvalue weighted by Gasteiger charge is -2.28. The Balaban J connectivity index is 0.00000544. The molecule has 1 atom stereocenters. The van der Waals surface area contributed by atoms with Gasteiger partial charge >= 0.3 is 5.97 Å². The Bertz CT molecular complexity index is 944. The topological polar surface area (TPSA) is 91.6 Å². The van der Waals surface area contributed by atoms with Crippen molar-refractivity contribution in [2.24, 2.45) is 0 Å². The average Bonchev–Trinajstić information content (AvgIpc) is 2.76. The molecule has 2 rings (SSSR count). The van der Waals surface area contributed by atoms with Crippen LogP contribution in [0.2, 0.25) is 5.02 Å². The third-order valence-electron chi connectivity index (χ3n) is 5.10. The van der Waals surface area contributed by atoms with Crippen LogP contribution in [0.25, 0.3) is 0 Å². The highest BCUT2D eigenvalue weighted by Gasteiger charge is 2.20. The highest BCUT2D eigenvalue weighted by atomic mass is 35.5. The Labute approximate surface area is 207 Å². The fourth-order valence-corrected chi connectivity index (χ4v) is 3.54. The molecule has 0 heterocycles. The lowest BCUT2D eigenvalue weighted by Crippen LogP contribution is -2.44. The van der Waals surface area contributed by atoms with Crippen molar-refractivity contribution in [3.63, 3.8) is 0 Å². The molecule has 0 aliphatic rings. The van der Waals surface area contributed by atoms with E-state index in [1.54, 1.807) is 31.2 Å². The molecule has 0 aromatic heterocycles. The summed E-state index contributed by atoms with van der Waals surface area (Å²) in [5.41, 5.74) is 1.64. The number of aliphatic hydroxyl groups is 1. The number of hydrogen-bond acceptors (Lipinski definition) is 6. The minimum absolute atomic E-state index is 0. The van der Waals surface area contributed by atoms with E-state index in [1.165, 1.54) is 0 Å². The van der Waals surface area contributed by atoms with Crippen LogP contribution >= 0.6 is 24.0 Å². The van der Waals surface area contributed by atoms with Crippen LogP contribution in [0.15, 0.2) is 42.5 Å². The second-order valence-corrected chi connectivity index (χ2v) is 8.59. The fraction of sp³-hybridized carbons (Fsp3) is 0.440. The number of nitrogens with zero attached hydrogens (tertiary/aromatic N) is 1. The zero-order valence-electron chi connectivity index (χ0n) is 19.3. The van der Waals surface area contributed by atoms with E-state index in [2.05, 4.69) is 19.2 Å². The van der Waals surface area contributed by atoms with Crippen molar-refractivity contribution in [1.82, 2.24) is 5.32 Å². The minimum Gasteiger partial charge on any atom is -0.489 e. The third-order valence-corrected chi connectivity index (χ3v) is 5.41. The first-order valence-electron chi connectivity index (χ1n) is 10.8. The number of ether oxygens (including phenoxy) is 2. The molecular formula is C25H32Cl2N2O4. The summed E-state index contributed by atoms with van der Waals surface area (Å²) in [7, 11) is 0. The molecule has 0 aliphatic carbocycles. The minimum atomic E-state index is -0.746. The van der Waals surface area contributed by atoms with Gasteiger partial charge in [-0.2, -0.15) is 5.26 Å². The predicted octanol–water partition coefficient (Wildman–Crippen LogP) is 4.94. The van der Waals surface area contributed by atoms with Crippen molar-refractivity contribution in [1.29, 1.82) is 5.26 Å². The second-order valence-electron chi connectivity index (χ2n) is 8.19. The number of halogens is 2. The first-order chi connectivity index (χ1) is 15.3. The zero-order chi connectivity index (χ0) is 23.6. The van der Waals surface area contributed by atoms with Crippen molar-refractivity contribution in [3.8, 4) is 11.8 Å². The van der Waals surface area contributed by atoms with Crippen molar-refractivity contribution in [2.45, 2.75) is 51.7 Å². The molecule has 2 N–H and O–H groups in total. The largest absolute Gasteiger partial charge is 0.489 e. The van der Waals surface area contributed by atoms with Gasteiger partial charge in [0.15, 0.2) is 0 Å². The van der Waals surface area contributed by atoms with Crippen LogP contribution in [-0.2, 0) is 11.2 Å². The van der Waals surface area contributed by atoms with Crippen molar-refractivity contribution < 1.29 is 19.4 Å². The summed E-state index contributed by atoms with van der Waals surface area (Å²) in [5, 5.41) is 23.2. The average molecular weight is 495 g/mol. The molecule has 6 nitrogen and oxygen atoms in total. The van der Waals surface area contributed by atoms with E-state index < -0.39 is 6.10 Å². The van der Waals surface area contributed by atoms with Crippen LogP contribution in [0.3, 0.4) is 0 Å². The maximum absolute atomic E-state index is 12.1. The van der Waals surface area contributed by atoms with E-state index >= 15 is 0 Å². The Morgan fingerprint density at radius 3 is 2.67 bits per heavy atom. The van der Waals surface area contributed by atoms with Crippen LogP contribution in [-0.4, -0.2) is 42.5 Å². The summed E-state index contributed by atoms with van der Waals surface area (Å²) >= 11 is 6.00. The highest BCUT2D eigenvalue weighted by molar-refractivity contribution is 6.31. The molecule has 8 heteroatoms. The Hall–Kier alpha value is -2.30. The highest BCUT2D eigenvalue weighted by Crippen LogP contribution is 2.25. The molecule has 0 fully saturated rings. The summed E-state index contributed by atoms with van der Waals surface area (Å²) < 4.78 is 10.7. The molecule has 0 aliphatic heterocycles. The lowest BCUT2D eigenvalue weighted by atomic mass is 9.94. The molecule has 0 saturated carbocycles. The van der Waals surface area contributed by atoms with E-state index in [4.69, 9.17) is 21.1 Å². The lowest BCUT2D eigenvalue weighted by molar-refractivity contribution is 0.0525. The van der Waals surface area contributed by atoms with E-state index in [1.807, 2.05) is 24.3 Å². The molecule has 33 heavy (non-hydrogen) atoms. The number of benzene rings is 2. The van der Waals surface area contributed by atoms with E-state index in [9.17, 15) is 15.2 Å². The van der Waals surface area contributed by atoms with Gasteiger partial charge in [0.05, 0.1) is 17.2 Å². The number of hydrogen-bond donors (Lipinski definition) is 2. The molecular weight excluding hydrogens is 463 g/mol.